The number of esters is 1. The van der Waals surface area contributed by atoms with Gasteiger partial charge in [-0.15, -0.1) is 0 Å². The van der Waals surface area contributed by atoms with Gasteiger partial charge < -0.3 is 23.7 Å². The Balaban J connectivity index is 2.34. The van der Waals surface area contributed by atoms with E-state index in [1.54, 1.807) is 41.4 Å². The van der Waals surface area contributed by atoms with E-state index in [9.17, 15) is 4.79 Å². The highest BCUT2D eigenvalue weighted by Crippen LogP contribution is 2.41. The van der Waals surface area contributed by atoms with Crippen molar-refractivity contribution in [3.8, 4) is 34.1 Å². The largest absolute Gasteiger partial charge is 0.493 e. The van der Waals surface area contributed by atoms with Crippen LogP contribution in [-0.2, 0) is 4.74 Å². The van der Waals surface area contributed by atoms with Gasteiger partial charge >= 0.3 is 5.97 Å². The zero-order valence-electron chi connectivity index (χ0n) is 19.4. The van der Waals surface area contributed by atoms with Crippen molar-refractivity contribution in [1.82, 2.24) is 4.98 Å². The maximum absolute atomic E-state index is 13.2. The second kappa shape index (κ2) is 10.2. The van der Waals surface area contributed by atoms with Crippen LogP contribution in [-0.4, -0.2) is 46.0 Å². The maximum Gasteiger partial charge on any atom is 0.340 e. The van der Waals surface area contributed by atoms with Gasteiger partial charge in [0, 0.05) is 17.0 Å². The number of hydrogen-bond donors (Lipinski definition) is 0. The van der Waals surface area contributed by atoms with E-state index in [1.807, 2.05) is 31.2 Å². The summed E-state index contributed by atoms with van der Waals surface area (Å²) in [5, 5.41) is 0.739. The molecule has 7 heteroatoms. The summed E-state index contributed by atoms with van der Waals surface area (Å²) in [7, 11) is 6.30. The van der Waals surface area contributed by atoms with Crippen molar-refractivity contribution in [2.75, 3.05) is 35.0 Å². The topological polar surface area (TPSA) is 76.1 Å². The average Bonchev–Trinajstić information content (AvgIpc) is 2.81. The van der Waals surface area contributed by atoms with Crippen molar-refractivity contribution in [2.24, 2.45) is 0 Å². The Hall–Kier alpha value is -3.48. The first-order chi connectivity index (χ1) is 15.5. The molecule has 0 aliphatic rings. The number of nitrogens with zero attached hydrogens (tertiary/aromatic N) is 1. The lowest BCUT2D eigenvalue weighted by Crippen LogP contribution is -2.12. The molecule has 7 nitrogen and oxygen atoms in total. The Morgan fingerprint density at radius 1 is 0.875 bits per heavy atom. The molecule has 0 saturated carbocycles. The molecule has 0 bridgehead atoms. The third kappa shape index (κ3) is 4.42. The molecule has 0 saturated heterocycles. The average molecular weight is 440 g/mol. The van der Waals surface area contributed by atoms with Crippen LogP contribution in [0.3, 0.4) is 0 Å². The molecule has 0 unspecified atom stereocenters. The smallest absolute Gasteiger partial charge is 0.340 e. The second-order valence-corrected chi connectivity index (χ2v) is 7.23. The van der Waals surface area contributed by atoms with Crippen molar-refractivity contribution >= 4 is 16.9 Å². The molecule has 0 aliphatic carbocycles. The fourth-order valence-electron chi connectivity index (χ4n) is 3.64. The first kappa shape index (κ1) is 23.2. The molecule has 2 aromatic carbocycles. The highest BCUT2D eigenvalue weighted by molar-refractivity contribution is 6.08. The molecule has 3 aromatic rings. The summed E-state index contributed by atoms with van der Waals surface area (Å²) in [5.74, 6) is 1.84. The van der Waals surface area contributed by atoms with E-state index in [0.717, 1.165) is 23.8 Å². The number of fused-ring (bicyclic) bond motifs is 1. The van der Waals surface area contributed by atoms with Crippen LogP contribution in [0.25, 0.3) is 22.0 Å². The Morgan fingerprint density at radius 3 is 2.12 bits per heavy atom. The number of ether oxygens (including phenoxy) is 5. The van der Waals surface area contributed by atoms with Crippen LogP contribution in [0.15, 0.2) is 30.3 Å². The number of unbranched alkanes of at least 4 members (excludes halogenated alkanes) is 1. The zero-order chi connectivity index (χ0) is 23.3. The Bertz CT molecular complexity index is 1130. The van der Waals surface area contributed by atoms with Gasteiger partial charge in [-0.05, 0) is 37.1 Å². The summed E-state index contributed by atoms with van der Waals surface area (Å²) in [6, 6.07) is 9.16. The molecule has 32 heavy (non-hydrogen) atoms. The highest BCUT2D eigenvalue weighted by Gasteiger charge is 2.24. The second-order valence-electron chi connectivity index (χ2n) is 7.23. The van der Waals surface area contributed by atoms with Crippen molar-refractivity contribution < 1.29 is 28.5 Å². The Morgan fingerprint density at radius 2 is 1.50 bits per heavy atom. The minimum atomic E-state index is -0.412. The molecule has 0 fully saturated rings. The number of hydrogen-bond acceptors (Lipinski definition) is 7. The normalized spacial score (nSPS) is 10.7. The number of carbonyl (C=O) groups is 1. The lowest BCUT2D eigenvalue weighted by atomic mass is 9.93. The fraction of sp³-hybridized carbons (Fsp3) is 0.360. The molecule has 3 rings (SSSR count). The number of aryl methyl sites for hydroxylation is 1. The molecule has 0 N–H and O–H groups in total. The van der Waals surface area contributed by atoms with Crippen molar-refractivity contribution in [1.29, 1.82) is 0 Å². The quantitative estimate of drug-likeness (QED) is 0.335. The third-order valence-electron chi connectivity index (χ3n) is 5.28. The molecular weight excluding hydrogens is 410 g/mol. The van der Waals surface area contributed by atoms with Crippen molar-refractivity contribution in [2.45, 2.75) is 26.7 Å². The molecule has 1 heterocycles. The molecular formula is C25H29NO6. The van der Waals surface area contributed by atoms with E-state index in [1.165, 1.54) is 0 Å². The molecule has 0 amide bonds. The van der Waals surface area contributed by atoms with Gasteiger partial charge in [0.2, 0.25) is 0 Å². The number of aromatic nitrogens is 1. The minimum absolute atomic E-state index is 0.351. The van der Waals surface area contributed by atoms with E-state index in [0.29, 0.717) is 51.9 Å². The van der Waals surface area contributed by atoms with Crippen LogP contribution >= 0.6 is 0 Å². The first-order valence-corrected chi connectivity index (χ1v) is 10.4. The van der Waals surface area contributed by atoms with E-state index in [4.69, 9.17) is 23.7 Å². The number of carbonyl (C=O) groups excluding carboxylic acids is 1. The van der Waals surface area contributed by atoms with Gasteiger partial charge in [0.25, 0.3) is 0 Å². The summed E-state index contributed by atoms with van der Waals surface area (Å²) in [4.78, 5) is 17.8. The number of methoxy groups -OCH3 is 4. The van der Waals surface area contributed by atoms with E-state index >= 15 is 0 Å². The van der Waals surface area contributed by atoms with Crippen molar-refractivity contribution in [3.05, 3.63) is 41.6 Å². The van der Waals surface area contributed by atoms with Gasteiger partial charge in [-0.3, -0.25) is 4.98 Å². The van der Waals surface area contributed by atoms with Gasteiger partial charge in [-0.1, -0.05) is 19.4 Å². The van der Waals surface area contributed by atoms with Gasteiger partial charge in [0.05, 0.1) is 51.8 Å². The SMILES string of the molecule is CCCCOC(=O)c1c(C)nc2cc(OC)c(OC)cc2c1-c1ccc(OC)c(OC)c1. The summed E-state index contributed by atoms with van der Waals surface area (Å²) in [6.07, 6.45) is 1.73. The first-order valence-electron chi connectivity index (χ1n) is 10.4. The van der Waals surface area contributed by atoms with Gasteiger partial charge in [-0.2, -0.15) is 0 Å². The minimum Gasteiger partial charge on any atom is -0.493 e. The van der Waals surface area contributed by atoms with Crippen LogP contribution in [0, 0.1) is 6.92 Å². The maximum atomic E-state index is 13.2. The molecule has 0 spiro atoms. The summed E-state index contributed by atoms with van der Waals surface area (Å²) >= 11 is 0. The number of pyridine rings is 1. The molecule has 0 atom stereocenters. The van der Waals surface area contributed by atoms with Crippen LogP contribution in [0.1, 0.15) is 35.8 Å². The van der Waals surface area contributed by atoms with Gasteiger partial charge in [0.1, 0.15) is 0 Å². The lowest BCUT2D eigenvalue weighted by Gasteiger charge is -2.18. The van der Waals surface area contributed by atoms with Crippen LogP contribution < -0.4 is 18.9 Å². The fourth-order valence-corrected chi connectivity index (χ4v) is 3.64. The van der Waals surface area contributed by atoms with Crippen LogP contribution in [0.5, 0.6) is 23.0 Å². The predicted octanol–water partition coefficient (Wildman–Crippen LogP) is 5.20. The Labute approximate surface area is 188 Å². The van der Waals surface area contributed by atoms with Gasteiger partial charge in [-0.25, -0.2) is 4.79 Å². The molecule has 0 aliphatic heterocycles. The van der Waals surface area contributed by atoms with E-state index in [-0.39, 0.29) is 0 Å². The number of rotatable bonds is 9. The predicted molar refractivity (Wildman–Crippen MR) is 123 cm³/mol. The summed E-state index contributed by atoms with van der Waals surface area (Å²) in [5.41, 5.74) is 3.11. The summed E-state index contributed by atoms with van der Waals surface area (Å²) in [6.45, 7) is 4.20. The van der Waals surface area contributed by atoms with Crippen molar-refractivity contribution in [3.63, 3.8) is 0 Å². The monoisotopic (exact) mass is 439 g/mol. The van der Waals surface area contributed by atoms with E-state index in [2.05, 4.69) is 4.98 Å². The molecule has 1 aromatic heterocycles. The molecule has 170 valence electrons. The number of benzene rings is 2. The lowest BCUT2D eigenvalue weighted by molar-refractivity contribution is 0.0499. The van der Waals surface area contributed by atoms with E-state index < -0.39 is 5.97 Å². The Kier molecular flexibility index (Phi) is 7.41. The van der Waals surface area contributed by atoms with Gasteiger partial charge in [0.15, 0.2) is 23.0 Å². The summed E-state index contributed by atoms with van der Waals surface area (Å²) < 4.78 is 27.4. The third-order valence-corrected chi connectivity index (χ3v) is 5.28. The van der Waals surface area contributed by atoms with Crippen LogP contribution in [0.2, 0.25) is 0 Å². The zero-order valence-corrected chi connectivity index (χ0v) is 19.4. The standard InChI is InChI=1S/C25H29NO6/c1-7-8-11-32-25(27)23-15(2)26-18-14-22(31-6)21(30-5)13-17(18)24(23)16-9-10-19(28-3)20(12-16)29-4/h9-10,12-14H,7-8,11H2,1-6H3. The van der Waals surface area contributed by atoms with Crippen LogP contribution in [0.4, 0.5) is 0 Å². The highest BCUT2D eigenvalue weighted by atomic mass is 16.5. The molecule has 0 radical (unpaired) electrons.